The highest BCUT2D eigenvalue weighted by Crippen LogP contribution is 2.54. The molecule has 4 bridgehead atoms. The molecule has 0 amide bonds. The average Bonchev–Trinajstić information content (AvgIpc) is 2.37. The van der Waals surface area contributed by atoms with Gasteiger partial charge in [-0.15, -0.1) is 0 Å². The highest BCUT2D eigenvalue weighted by Gasteiger charge is 2.48. The van der Waals surface area contributed by atoms with E-state index in [1.807, 2.05) is 6.92 Å². The van der Waals surface area contributed by atoms with Crippen LogP contribution >= 0.6 is 0 Å². The zero-order chi connectivity index (χ0) is 14.1. The van der Waals surface area contributed by atoms with Gasteiger partial charge in [0, 0.05) is 6.61 Å². The van der Waals surface area contributed by atoms with Gasteiger partial charge in [-0.25, -0.2) is 4.79 Å². The van der Waals surface area contributed by atoms with Crippen LogP contribution in [0.15, 0.2) is 0 Å². The van der Waals surface area contributed by atoms with Gasteiger partial charge in [0.05, 0.1) is 6.10 Å². The van der Waals surface area contributed by atoms with E-state index in [2.05, 4.69) is 0 Å². The van der Waals surface area contributed by atoms with Crippen molar-refractivity contribution in [3.8, 4) is 0 Å². The van der Waals surface area contributed by atoms with E-state index in [0.717, 1.165) is 11.8 Å². The van der Waals surface area contributed by atoms with Crippen molar-refractivity contribution >= 4 is 5.97 Å². The summed E-state index contributed by atoms with van der Waals surface area (Å²) in [6.45, 7) is 4.24. The quantitative estimate of drug-likeness (QED) is 0.555. The fourth-order valence-corrected chi connectivity index (χ4v) is 4.80. The standard InChI is InChI=1S/C16H26O4/c1-3-18-10(2)20-15(17)9-19-16-13-5-11-4-12(7-13)8-14(16)6-11/h10-14,16H,3-9H2,1-2H3. The second kappa shape index (κ2) is 6.02. The molecule has 0 aromatic rings. The number of carbonyl (C=O) groups excluding carboxylic acids is 1. The fourth-order valence-electron chi connectivity index (χ4n) is 4.80. The summed E-state index contributed by atoms with van der Waals surface area (Å²) >= 11 is 0. The van der Waals surface area contributed by atoms with Gasteiger partial charge in [-0.05, 0) is 69.6 Å². The molecule has 4 aliphatic carbocycles. The Labute approximate surface area is 121 Å². The normalized spacial score (nSPS) is 39.8. The molecular formula is C16H26O4. The highest BCUT2D eigenvalue weighted by atomic mass is 16.7. The predicted octanol–water partition coefficient (Wildman–Crippen LogP) is 2.75. The van der Waals surface area contributed by atoms with E-state index < -0.39 is 6.29 Å². The third-order valence-corrected chi connectivity index (χ3v) is 5.23. The first-order valence-electron chi connectivity index (χ1n) is 8.08. The van der Waals surface area contributed by atoms with Crippen LogP contribution in [0.5, 0.6) is 0 Å². The molecule has 0 N–H and O–H groups in total. The summed E-state index contributed by atoms with van der Waals surface area (Å²) in [7, 11) is 0. The van der Waals surface area contributed by atoms with Gasteiger partial charge in [0.2, 0.25) is 0 Å². The van der Waals surface area contributed by atoms with Crippen LogP contribution in [-0.2, 0) is 19.0 Å². The maximum atomic E-state index is 11.7. The third kappa shape index (κ3) is 3.01. The molecule has 0 spiro atoms. The van der Waals surface area contributed by atoms with E-state index in [-0.39, 0.29) is 18.7 Å². The molecule has 20 heavy (non-hydrogen) atoms. The number of hydrogen-bond donors (Lipinski definition) is 0. The van der Waals surface area contributed by atoms with Crippen molar-refractivity contribution in [3.05, 3.63) is 0 Å². The van der Waals surface area contributed by atoms with Crippen molar-refractivity contribution in [2.24, 2.45) is 23.7 Å². The summed E-state index contributed by atoms with van der Waals surface area (Å²) in [4.78, 5) is 11.7. The zero-order valence-electron chi connectivity index (χ0n) is 12.5. The van der Waals surface area contributed by atoms with Crippen molar-refractivity contribution in [2.45, 2.75) is 58.3 Å². The second-order valence-corrected chi connectivity index (χ2v) is 6.72. The number of carbonyl (C=O) groups is 1. The van der Waals surface area contributed by atoms with Gasteiger partial charge in [0.1, 0.15) is 6.61 Å². The first-order chi connectivity index (χ1) is 9.65. The minimum atomic E-state index is -0.477. The molecule has 0 saturated heterocycles. The molecular weight excluding hydrogens is 256 g/mol. The molecule has 0 aromatic carbocycles. The van der Waals surface area contributed by atoms with Crippen LogP contribution in [0.2, 0.25) is 0 Å². The lowest BCUT2D eigenvalue weighted by Gasteiger charge is -2.53. The van der Waals surface area contributed by atoms with E-state index in [1.165, 1.54) is 32.1 Å². The molecule has 4 fully saturated rings. The lowest BCUT2D eigenvalue weighted by Crippen LogP contribution is -2.49. The largest absolute Gasteiger partial charge is 0.434 e. The smallest absolute Gasteiger partial charge is 0.334 e. The van der Waals surface area contributed by atoms with Crippen molar-refractivity contribution in [1.82, 2.24) is 0 Å². The Morgan fingerprint density at radius 1 is 1.10 bits per heavy atom. The average molecular weight is 282 g/mol. The predicted molar refractivity (Wildman–Crippen MR) is 74.0 cm³/mol. The minimum absolute atomic E-state index is 0.0738. The van der Waals surface area contributed by atoms with Crippen LogP contribution in [0.4, 0.5) is 0 Å². The minimum Gasteiger partial charge on any atom is -0.434 e. The summed E-state index contributed by atoms with van der Waals surface area (Å²) in [6.07, 6.45) is 6.48. The van der Waals surface area contributed by atoms with E-state index >= 15 is 0 Å². The molecule has 0 heterocycles. The Hall–Kier alpha value is -0.610. The molecule has 0 radical (unpaired) electrons. The molecule has 4 aliphatic rings. The first kappa shape index (κ1) is 14.3. The van der Waals surface area contributed by atoms with Crippen molar-refractivity contribution < 1.29 is 19.0 Å². The first-order valence-corrected chi connectivity index (χ1v) is 8.08. The van der Waals surface area contributed by atoms with Gasteiger partial charge in [-0.1, -0.05) is 0 Å². The number of hydrogen-bond acceptors (Lipinski definition) is 4. The van der Waals surface area contributed by atoms with Crippen molar-refractivity contribution in [2.75, 3.05) is 13.2 Å². The van der Waals surface area contributed by atoms with E-state index in [9.17, 15) is 4.79 Å². The molecule has 4 nitrogen and oxygen atoms in total. The Balaban J connectivity index is 1.45. The maximum Gasteiger partial charge on any atom is 0.334 e. The van der Waals surface area contributed by atoms with Gasteiger partial charge >= 0.3 is 5.97 Å². The second-order valence-electron chi connectivity index (χ2n) is 6.72. The van der Waals surface area contributed by atoms with E-state index in [1.54, 1.807) is 6.92 Å². The number of ether oxygens (including phenoxy) is 3. The van der Waals surface area contributed by atoms with Crippen molar-refractivity contribution in [3.63, 3.8) is 0 Å². The molecule has 4 saturated carbocycles. The van der Waals surface area contributed by atoms with Gasteiger partial charge in [0.25, 0.3) is 0 Å². The fraction of sp³-hybridized carbons (Fsp3) is 0.938. The Kier molecular flexibility index (Phi) is 4.32. The Morgan fingerprint density at radius 2 is 1.70 bits per heavy atom. The lowest BCUT2D eigenvalue weighted by molar-refractivity contribution is -0.188. The van der Waals surface area contributed by atoms with Gasteiger partial charge in [-0.3, -0.25) is 0 Å². The van der Waals surface area contributed by atoms with Crippen LogP contribution in [0.1, 0.15) is 46.0 Å². The van der Waals surface area contributed by atoms with Crippen LogP contribution in [0.3, 0.4) is 0 Å². The number of rotatable bonds is 6. The van der Waals surface area contributed by atoms with Crippen LogP contribution < -0.4 is 0 Å². The van der Waals surface area contributed by atoms with Gasteiger partial charge in [0.15, 0.2) is 6.29 Å². The molecule has 1 unspecified atom stereocenters. The SMILES string of the molecule is CCOC(C)OC(=O)COC1C2CC3CC(C2)CC1C3. The summed E-state index contributed by atoms with van der Waals surface area (Å²) in [5.41, 5.74) is 0. The Bertz CT molecular complexity index is 326. The van der Waals surface area contributed by atoms with E-state index in [0.29, 0.717) is 18.4 Å². The van der Waals surface area contributed by atoms with Crippen LogP contribution in [0.25, 0.3) is 0 Å². The molecule has 4 rings (SSSR count). The van der Waals surface area contributed by atoms with Crippen LogP contribution in [0, 0.1) is 23.7 Å². The molecule has 114 valence electrons. The summed E-state index contributed by atoms with van der Waals surface area (Å²) in [6, 6.07) is 0. The molecule has 0 aromatic heterocycles. The zero-order valence-corrected chi connectivity index (χ0v) is 12.5. The molecule has 4 heteroatoms. The Morgan fingerprint density at radius 3 is 2.25 bits per heavy atom. The molecule has 1 atom stereocenters. The van der Waals surface area contributed by atoms with Gasteiger partial charge in [-0.2, -0.15) is 0 Å². The monoisotopic (exact) mass is 282 g/mol. The van der Waals surface area contributed by atoms with Gasteiger partial charge < -0.3 is 14.2 Å². The maximum absolute atomic E-state index is 11.7. The summed E-state index contributed by atoms with van der Waals surface area (Å²) in [5, 5.41) is 0. The molecule has 0 aliphatic heterocycles. The third-order valence-electron chi connectivity index (χ3n) is 5.23. The topological polar surface area (TPSA) is 44.8 Å². The summed E-state index contributed by atoms with van der Waals surface area (Å²) in [5.74, 6) is 2.93. The van der Waals surface area contributed by atoms with Crippen molar-refractivity contribution in [1.29, 1.82) is 0 Å². The number of esters is 1. The van der Waals surface area contributed by atoms with E-state index in [4.69, 9.17) is 14.2 Å². The lowest BCUT2D eigenvalue weighted by atomic mass is 9.55. The highest BCUT2D eigenvalue weighted by molar-refractivity contribution is 5.70. The van der Waals surface area contributed by atoms with Crippen LogP contribution in [-0.4, -0.2) is 31.6 Å². The summed E-state index contributed by atoms with van der Waals surface area (Å²) < 4.78 is 16.3.